The molecule has 4 aromatic rings. The van der Waals surface area contributed by atoms with E-state index in [0.717, 1.165) is 92.7 Å². The lowest BCUT2D eigenvalue weighted by atomic mass is 10.1. The van der Waals surface area contributed by atoms with Gasteiger partial charge in [-0.05, 0) is 116 Å². The van der Waals surface area contributed by atoms with Gasteiger partial charge in [0.25, 0.3) is 0 Å². The summed E-state index contributed by atoms with van der Waals surface area (Å²) in [4.78, 5) is 38.2. The molecule has 14 heteroatoms. The summed E-state index contributed by atoms with van der Waals surface area (Å²) in [5, 5.41) is 9.34. The van der Waals surface area contributed by atoms with Gasteiger partial charge in [-0.15, -0.1) is 10.3 Å². The van der Waals surface area contributed by atoms with Crippen LogP contribution in [0.1, 0.15) is 77.7 Å². The van der Waals surface area contributed by atoms with Gasteiger partial charge in [0.15, 0.2) is 6.29 Å². The largest absolute Gasteiger partial charge is 0.497 e. The molecule has 0 radical (unpaired) electrons. The summed E-state index contributed by atoms with van der Waals surface area (Å²) < 4.78 is 22.7. The number of carbonyl (C=O) groups is 2. The average molecular weight is 822 g/mol. The molecule has 4 rings (SSSR count). The predicted molar refractivity (Wildman–Crippen MR) is 239 cm³/mol. The van der Waals surface area contributed by atoms with Crippen molar-refractivity contribution in [3.8, 4) is 22.8 Å². The molecule has 2 aromatic carbocycles. The molecule has 3 N–H and O–H groups in total. The fourth-order valence-corrected chi connectivity index (χ4v) is 6.28. The minimum Gasteiger partial charge on any atom is -0.497 e. The maximum Gasteiger partial charge on any atom is 0.407 e. The van der Waals surface area contributed by atoms with Gasteiger partial charge >= 0.3 is 6.09 Å². The fourth-order valence-electron chi connectivity index (χ4n) is 5.39. The second-order valence-corrected chi connectivity index (χ2v) is 20.0. The number of rotatable bonds is 20. The molecule has 2 aromatic heterocycles. The van der Waals surface area contributed by atoms with Crippen molar-refractivity contribution in [1.29, 1.82) is 0 Å². The molecular formula is C44H67N7O6S. The lowest BCUT2D eigenvalue weighted by Gasteiger charge is -2.43. The Kier molecular flexibility index (Phi) is 19.1. The van der Waals surface area contributed by atoms with E-state index >= 15 is 0 Å². The smallest absolute Gasteiger partial charge is 0.407 e. The monoisotopic (exact) mass is 821 g/mol. The van der Waals surface area contributed by atoms with Crippen molar-refractivity contribution in [3.63, 3.8) is 0 Å². The summed E-state index contributed by atoms with van der Waals surface area (Å²) in [6.07, 6.45) is 12.1. The lowest BCUT2D eigenvalue weighted by Crippen LogP contribution is -2.33. The molecular weight excluding hydrogens is 755 g/mol. The van der Waals surface area contributed by atoms with Crippen LogP contribution in [0.3, 0.4) is 0 Å². The van der Waals surface area contributed by atoms with Crippen LogP contribution in [0.2, 0.25) is 0 Å². The number of hydrogen-bond donors (Lipinski definition) is 3. The Morgan fingerprint density at radius 3 is 2.14 bits per heavy atom. The van der Waals surface area contributed by atoms with E-state index in [-0.39, 0.29) is 10.8 Å². The predicted octanol–water partition coefficient (Wildman–Crippen LogP) is 8.33. The van der Waals surface area contributed by atoms with E-state index in [1.165, 1.54) is 0 Å². The van der Waals surface area contributed by atoms with Crippen LogP contribution in [0.25, 0.3) is 22.3 Å². The van der Waals surface area contributed by atoms with Crippen molar-refractivity contribution in [3.05, 3.63) is 66.6 Å². The molecule has 0 atom stereocenters. The third kappa shape index (κ3) is 16.0. The van der Waals surface area contributed by atoms with Crippen molar-refractivity contribution in [2.24, 2.45) is 0 Å². The van der Waals surface area contributed by atoms with Crippen LogP contribution in [0, 0.1) is 0 Å². The molecule has 0 aliphatic rings. The molecule has 0 fully saturated rings. The number of pyridine rings is 1. The summed E-state index contributed by atoms with van der Waals surface area (Å²) >= 11 is 0. The molecule has 2 heterocycles. The second-order valence-electron chi connectivity index (χ2n) is 16.1. The first-order valence-corrected chi connectivity index (χ1v) is 22.3. The number of benzene rings is 2. The number of alkyl carbamates (subject to hydrolysis) is 1. The van der Waals surface area contributed by atoms with E-state index in [4.69, 9.17) is 23.4 Å². The summed E-state index contributed by atoms with van der Waals surface area (Å²) in [6, 6.07) is 15.5. The zero-order chi connectivity index (χ0) is 42.8. The van der Waals surface area contributed by atoms with Crippen LogP contribution in [0.5, 0.6) is 11.5 Å². The number of nitrogens with zero attached hydrogens (tertiary/aromatic N) is 4. The Labute approximate surface area is 347 Å². The Balaban J connectivity index is 0.000000548. The molecule has 0 aliphatic carbocycles. The van der Waals surface area contributed by atoms with Gasteiger partial charge in [0, 0.05) is 59.2 Å². The second kappa shape index (κ2) is 23.2. The molecule has 0 spiro atoms. The van der Waals surface area contributed by atoms with Crippen molar-refractivity contribution in [2.45, 2.75) is 77.6 Å². The number of fused-ring (bicyclic) bond motifs is 1. The molecule has 0 aliphatic heterocycles. The van der Waals surface area contributed by atoms with Crippen LogP contribution < -0.4 is 30.3 Å². The topological polar surface area (TPSA) is 149 Å². The Hall–Kier alpha value is -4.50. The number of hydrogen-bond acceptors (Lipinski definition) is 12. The quantitative estimate of drug-likeness (QED) is 0.0581. The highest BCUT2D eigenvalue weighted by Gasteiger charge is 2.28. The maximum atomic E-state index is 11.3. The summed E-state index contributed by atoms with van der Waals surface area (Å²) in [7, 11) is 4.13. The van der Waals surface area contributed by atoms with Crippen LogP contribution >= 0.6 is 10.3 Å². The molecule has 1 amide bonds. The SMILES string of the molecule is CNCCCCNC(=O)OC(C)(C)C.COc1cc(OC)cc(N(CCCNCCCOS(C)(C)C(C)(C)C)c2ccc3ncc(-c4ccnc(C=O)c4)nc3c2)c1. The number of carbonyl (C=O) groups excluding carboxylic acids is 2. The number of anilines is 2. The first-order valence-electron chi connectivity index (χ1n) is 19.9. The Morgan fingerprint density at radius 2 is 1.50 bits per heavy atom. The van der Waals surface area contributed by atoms with Gasteiger partial charge in [0.05, 0.1) is 43.8 Å². The number of amides is 1. The van der Waals surface area contributed by atoms with E-state index in [1.54, 1.807) is 32.7 Å². The van der Waals surface area contributed by atoms with E-state index < -0.39 is 15.9 Å². The maximum absolute atomic E-state index is 11.3. The average Bonchev–Trinajstić information content (AvgIpc) is 3.18. The van der Waals surface area contributed by atoms with Crippen molar-refractivity contribution in [1.82, 2.24) is 30.9 Å². The zero-order valence-corrected chi connectivity index (χ0v) is 37.4. The van der Waals surface area contributed by atoms with Gasteiger partial charge in [0.2, 0.25) is 0 Å². The lowest BCUT2D eigenvalue weighted by molar-refractivity contribution is 0.0527. The molecule has 58 heavy (non-hydrogen) atoms. The normalized spacial score (nSPS) is 12.0. The van der Waals surface area contributed by atoms with Crippen molar-refractivity contribution in [2.75, 3.05) is 78.0 Å². The number of ether oxygens (including phenoxy) is 3. The number of methoxy groups -OCH3 is 2. The Bertz CT molecular complexity index is 1860. The zero-order valence-electron chi connectivity index (χ0n) is 36.6. The van der Waals surface area contributed by atoms with E-state index in [2.05, 4.69) is 70.2 Å². The number of aldehydes is 1. The van der Waals surface area contributed by atoms with Crippen LogP contribution in [-0.4, -0.2) is 111 Å². The van der Waals surface area contributed by atoms with E-state index in [1.807, 2.05) is 64.2 Å². The van der Waals surface area contributed by atoms with E-state index in [0.29, 0.717) is 29.4 Å². The molecule has 13 nitrogen and oxygen atoms in total. The molecule has 320 valence electrons. The molecule has 0 saturated heterocycles. The van der Waals surface area contributed by atoms with Gasteiger partial charge in [-0.25, -0.2) is 9.78 Å². The molecule has 0 unspecified atom stereocenters. The number of aromatic nitrogens is 3. The minimum atomic E-state index is -1.10. The first kappa shape index (κ1) is 47.9. The highest BCUT2D eigenvalue weighted by atomic mass is 32.3. The fraction of sp³-hybridized carbons (Fsp3) is 0.523. The van der Waals surface area contributed by atoms with Gasteiger partial charge in [-0.2, -0.15) is 0 Å². The summed E-state index contributed by atoms with van der Waals surface area (Å²) in [5.41, 5.74) is 4.88. The van der Waals surface area contributed by atoms with Gasteiger partial charge in [0.1, 0.15) is 22.8 Å². The van der Waals surface area contributed by atoms with Crippen LogP contribution in [-0.2, 0) is 8.92 Å². The summed E-state index contributed by atoms with van der Waals surface area (Å²) in [5.74, 6) is 1.43. The highest BCUT2D eigenvalue weighted by Crippen LogP contribution is 2.53. The van der Waals surface area contributed by atoms with Crippen LogP contribution in [0.4, 0.5) is 16.2 Å². The molecule has 0 bridgehead atoms. The minimum absolute atomic E-state index is 0.168. The first-order chi connectivity index (χ1) is 27.5. The van der Waals surface area contributed by atoms with Crippen LogP contribution in [0.15, 0.2) is 60.9 Å². The van der Waals surface area contributed by atoms with Crippen molar-refractivity contribution >= 4 is 45.1 Å². The Morgan fingerprint density at radius 1 is 0.810 bits per heavy atom. The summed E-state index contributed by atoms with van der Waals surface area (Å²) in [6.45, 7) is 17.3. The molecule has 0 saturated carbocycles. The van der Waals surface area contributed by atoms with Gasteiger partial charge in [-0.3, -0.25) is 14.8 Å². The third-order valence-electron chi connectivity index (χ3n) is 9.29. The number of nitrogens with one attached hydrogen (secondary N) is 3. The van der Waals surface area contributed by atoms with Crippen molar-refractivity contribution < 1.29 is 28.0 Å². The standard InChI is InChI=1S/C34H45N5O4S.C10H22N2O2/c1-34(2,3)44(6,7)43-17-9-14-35-13-8-16-39(28-19-29(41-4)22-30(20-28)42-5)27-10-11-31-32(21-27)38-33(23-37-31)25-12-15-36-26(18-25)24-40;1-10(2,3)14-9(13)12-8-6-5-7-11-4/h10-12,15,18-24,35H,8-9,13-14,16-17H2,1-7H3;11H,5-8H2,1-4H3,(H,12,13). The highest BCUT2D eigenvalue weighted by molar-refractivity contribution is 8.29. The third-order valence-corrected chi connectivity index (χ3v) is 13.0. The number of unbranched alkanes of at least 4 members (excludes halogenated alkanes) is 1. The van der Waals surface area contributed by atoms with Gasteiger partial charge in [-0.1, -0.05) is 20.8 Å². The van der Waals surface area contributed by atoms with E-state index in [9.17, 15) is 9.59 Å². The van der Waals surface area contributed by atoms with Gasteiger partial charge < -0.3 is 39.2 Å².